The Morgan fingerprint density at radius 2 is 1.52 bits per heavy atom. The van der Waals surface area contributed by atoms with Gasteiger partial charge >= 0.3 is 0 Å². The lowest BCUT2D eigenvalue weighted by Crippen LogP contribution is -2.21. The number of hydrogen-bond acceptors (Lipinski definition) is 3. The van der Waals surface area contributed by atoms with Crippen LogP contribution >= 0.6 is 0 Å². The summed E-state index contributed by atoms with van der Waals surface area (Å²) in [6, 6.07) is 27.3. The van der Waals surface area contributed by atoms with E-state index in [4.69, 9.17) is 9.47 Å². The van der Waals surface area contributed by atoms with Gasteiger partial charge in [-0.1, -0.05) is 86.1 Å². The molecule has 0 aliphatic rings. The predicted molar refractivity (Wildman–Crippen MR) is 119 cm³/mol. The Bertz CT molecular complexity index is 849. The first kappa shape index (κ1) is 20.9. The van der Waals surface area contributed by atoms with Crippen LogP contribution in [0.1, 0.15) is 49.4 Å². The summed E-state index contributed by atoms with van der Waals surface area (Å²) in [5, 5.41) is 3.73. The second-order valence-corrected chi connectivity index (χ2v) is 7.08. The second kappa shape index (κ2) is 11.3. The molecule has 0 aromatic heterocycles. The average Bonchev–Trinajstić information content (AvgIpc) is 2.77. The topological polar surface area (TPSA) is 30.5 Å². The fourth-order valence-electron chi connectivity index (χ4n) is 3.46. The molecule has 0 fully saturated rings. The van der Waals surface area contributed by atoms with Crippen LogP contribution in [0, 0.1) is 0 Å². The van der Waals surface area contributed by atoms with Gasteiger partial charge in [-0.2, -0.15) is 0 Å². The Hall–Kier alpha value is -2.78. The van der Waals surface area contributed by atoms with E-state index >= 15 is 0 Å². The summed E-state index contributed by atoms with van der Waals surface area (Å²) in [6.07, 6.45) is 2.22. The smallest absolute Gasteiger partial charge is 0.166 e. The summed E-state index contributed by atoms with van der Waals surface area (Å²) in [4.78, 5) is 0. The van der Waals surface area contributed by atoms with Gasteiger partial charge in [0.1, 0.15) is 6.61 Å². The van der Waals surface area contributed by atoms with E-state index < -0.39 is 0 Å². The summed E-state index contributed by atoms with van der Waals surface area (Å²) in [6.45, 7) is 6.08. The van der Waals surface area contributed by atoms with Crippen molar-refractivity contribution in [3.05, 3.63) is 95.6 Å². The summed E-state index contributed by atoms with van der Waals surface area (Å²) < 4.78 is 12.1. The zero-order valence-corrected chi connectivity index (χ0v) is 17.4. The van der Waals surface area contributed by atoms with Gasteiger partial charge < -0.3 is 14.8 Å². The van der Waals surface area contributed by atoms with Crippen LogP contribution in [0.15, 0.2) is 78.9 Å². The third kappa shape index (κ3) is 6.10. The quantitative estimate of drug-likeness (QED) is 0.418. The molecule has 1 unspecified atom stereocenters. The Labute approximate surface area is 174 Å². The van der Waals surface area contributed by atoms with Crippen molar-refractivity contribution in [2.45, 2.75) is 45.9 Å². The SMILES string of the molecule is CCCC(NCc1cccc(OCC)c1OCc1ccccc1)c1ccccc1. The number of benzene rings is 3. The average molecular weight is 390 g/mol. The maximum Gasteiger partial charge on any atom is 0.166 e. The monoisotopic (exact) mass is 389 g/mol. The molecule has 0 saturated carbocycles. The van der Waals surface area contributed by atoms with Crippen molar-refractivity contribution in [3.8, 4) is 11.5 Å². The van der Waals surface area contributed by atoms with Gasteiger partial charge in [-0.25, -0.2) is 0 Å². The zero-order valence-electron chi connectivity index (χ0n) is 17.4. The van der Waals surface area contributed by atoms with Crippen LogP contribution in [0.2, 0.25) is 0 Å². The molecule has 3 nitrogen and oxygen atoms in total. The first-order chi connectivity index (χ1) is 14.3. The number of hydrogen-bond donors (Lipinski definition) is 1. The Morgan fingerprint density at radius 3 is 2.21 bits per heavy atom. The highest BCUT2D eigenvalue weighted by Gasteiger charge is 2.15. The Morgan fingerprint density at radius 1 is 0.793 bits per heavy atom. The molecule has 0 saturated heterocycles. The minimum absolute atomic E-state index is 0.318. The lowest BCUT2D eigenvalue weighted by Gasteiger charge is -2.21. The van der Waals surface area contributed by atoms with Crippen molar-refractivity contribution in [2.75, 3.05) is 6.61 Å². The van der Waals surface area contributed by atoms with E-state index in [1.807, 2.05) is 37.3 Å². The van der Waals surface area contributed by atoms with Crippen molar-refractivity contribution in [1.29, 1.82) is 0 Å². The molecule has 0 bridgehead atoms. The molecule has 0 aliphatic heterocycles. The summed E-state index contributed by atoms with van der Waals surface area (Å²) >= 11 is 0. The van der Waals surface area contributed by atoms with E-state index in [2.05, 4.69) is 60.8 Å². The van der Waals surface area contributed by atoms with E-state index in [0.717, 1.165) is 42.0 Å². The zero-order chi connectivity index (χ0) is 20.3. The molecule has 3 aromatic carbocycles. The molecule has 3 rings (SSSR count). The lowest BCUT2D eigenvalue weighted by molar-refractivity contribution is 0.265. The number of rotatable bonds is 11. The van der Waals surface area contributed by atoms with Crippen molar-refractivity contribution in [3.63, 3.8) is 0 Å². The van der Waals surface area contributed by atoms with Crippen molar-refractivity contribution in [1.82, 2.24) is 5.32 Å². The van der Waals surface area contributed by atoms with Gasteiger partial charge in [-0.05, 0) is 30.5 Å². The Balaban J connectivity index is 1.77. The largest absolute Gasteiger partial charge is 0.490 e. The molecule has 1 atom stereocenters. The maximum atomic E-state index is 6.24. The van der Waals surface area contributed by atoms with Crippen LogP contribution in [0.25, 0.3) is 0 Å². The molecule has 0 amide bonds. The normalized spacial score (nSPS) is 11.8. The fourth-order valence-corrected chi connectivity index (χ4v) is 3.46. The highest BCUT2D eigenvalue weighted by Crippen LogP contribution is 2.33. The molecular formula is C26H31NO2. The van der Waals surface area contributed by atoms with Crippen LogP contribution < -0.4 is 14.8 Å². The molecule has 0 aliphatic carbocycles. The number of para-hydroxylation sites is 1. The Kier molecular flexibility index (Phi) is 8.14. The van der Waals surface area contributed by atoms with Crippen molar-refractivity contribution < 1.29 is 9.47 Å². The van der Waals surface area contributed by atoms with Gasteiger partial charge in [0.05, 0.1) is 6.61 Å². The van der Waals surface area contributed by atoms with Gasteiger partial charge in [-0.15, -0.1) is 0 Å². The van der Waals surface area contributed by atoms with E-state index in [0.29, 0.717) is 19.3 Å². The fraction of sp³-hybridized carbons (Fsp3) is 0.308. The third-order valence-electron chi connectivity index (χ3n) is 4.90. The molecule has 3 heteroatoms. The van der Waals surface area contributed by atoms with Gasteiger partial charge in [-0.3, -0.25) is 0 Å². The lowest BCUT2D eigenvalue weighted by atomic mass is 10.0. The molecule has 29 heavy (non-hydrogen) atoms. The number of ether oxygens (including phenoxy) is 2. The van der Waals surface area contributed by atoms with Crippen LogP contribution in [-0.2, 0) is 13.2 Å². The summed E-state index contributed by atoms with van der Waals surface area (Å²) in [7, 11) is 0. The first-order valence-electron chi connectivity index (χ1n) is 10.5. The highest BCUT2D eigenvalue weighted by atomic mass is 16.5. The molecule has 0 radical (unpaired) electrons. The second-order valence-electron chi connectivity index (χ2n) is 7.08. The molecule has 152 valence electrons. The maximum absolute atomic E-state index is 6.24. The van der Waals surface area contributed by atoms with Crippen LogP contribution in [0.5, 0.6) is 11.5 Å². The van der Waals surface area contributed by atoms with Gasteiger partial charge in [0, 0.05) is 18.2 Å². The highest BCUT2D eigenvalue weighted by molar-refractivity contribution is 5.47. The van der Waals surface area contributed by atoms with Crippen molar-refractivity contribution in [2.24, 2.45) is 0 Å². The molecule has 0 heterocycles. The van der Waals surface area contributed by atoms with Crippen LogP contribution in [-0.4, -0.2) is 6.61 Å². The first-order valence-corrected chi connectivity index (χ1v) is 10.5. The molecule has 1 N–H and O–H groups in total. The predicted octanol–water partition coefficient (Wildman–Crippen LogP) is 6.30. The van der Waals surface area contributed by atoms with E-state index in [1.165, 1.54) is 5.56 Å². The molecule has 3 aromatic rings. The van der Waals surface area contributed by atoms with Crippen molar-refractivity contribution >= 4 is 0 Å². The minimum Gasteiger partial charge on any atom is -0.490 e. The van der Waals surface area contributed by atoms with Gasteiger partial charge in [0.25, 0.3) is 0 Å². The third-order valence-corrected chi connectivity index (χ3v) is 4.90. The van der Waals surface area contributed by atoms with E-state index in [-0.39, 0.29) is 0 Å². The molecule has 0 spiro atoms. The number of nitrogens with one attached hydrogen (secondary N) is 1. The summed E-state index contributed by atoms with van der Waals surface area (Å²) in [5.41, 5.74) is 3.58. The van der Waals surface area contributed by atoms with E-state index in [1.54, 1.807) is 0 Å². The van der Waals surface area contributed by atoms with Gasteiger partial charge in [0.15, 0.2) is 11.5 Å². The van der Waals surface area contributed by atoms with E-state index in [9.17, 15) is 0 Å². The summed E-state index contributed by atoms with van der Waals surface area (Å²) in [5.74, 6) is 1.63. The molecular weight excluding hydrogens is 358 g/mol. The van der Waals surface area contributed by atoms with Crippen LogP contribution in [0.3, 0.4) is 0 Å². The standard InChI is InChI=1S/C26H31NO2/c1-3-12-24(22-15-9-6-10-16-22)27-19-23-17-11-18-25(28-4-2)26(23)29-20-21-13-7-5-8-14-21/h5-11,13-18,24,27H,3-4,12,19-20H2,1-2H3. The van der Waals surface area contributed by atoms with Crippen LogP contribution in [0.4, 0.5) is 0 Å². The van der Waals surface area contributed by atoms with Gasteiger partial charge in [0.2, 0.25) is 0 Å². The minimum atomic E-state index is 0.318.